The highest BCUT2D eigenvalue weighted by atomic mass is 32.2. The lowest BCUT2D eigenvalue weighted by molar-refractivity contribution is 0.681. The van der Waals surface area contributed by atoms with E-state index in [1.165, 1.54) is 10.5 Å². The van der Waals surface area contributed by atoms with E-state index in [4.69, 9.17) is 0 Å². The number of nitrogens with one attached hydrogen (secondary N) is 1. The molecule has 0 aliphatic rings. The van der Waals surface area contributed by atoms with Gasteiger partial charge in [0.25, 0.3) is 0 Å². The average molecular weight is 264 g/mol. The summed E-state index contributed by atoms with van der Waals surface area (Å²) < 4.78 is 0. The number of hydrogen-bond acceptors (Lipinski definition) is 4. The van der Waals surface area contributed by atoms with Crippen molar-refractivity contribution in [1.82, 2.24) is 10.3 Å². The van der Waals surface area contributed by atoms with Crippen LogP contribution >= 0.6 is 23.1 Å². The number of aromatic nitrogens is 1. The fourth-order valence-corrected chi connectivity index (χ4v) is 2.59. The molecule has 0 spiro atoms. The molecule has 0 saturated carbocycles. The quantitative estimate of drug-likeness (QED) is 0.837. The number of thiazole rings is 1. The lowest BCUT2D eigenvalue weighted by atomic mass is 10.2. The summed E-state index contributed by atoms with van der Waals surface area (Å²) >= 11 is 3.47. The van der Waals surface area contributed by atoms with Crippen molar-refractivity contribution < 1.29 is 0 Å². The molecule has 1 N–H and O–H groups in total. The number of rotatable bonds is 5. The van der Waals surface area contributed by atoms with Gasteiger partial charge < -0.3 is 5.32 Å². The molecule has 0 fully saturated rings. The minimum Gasteiger partial charge on any atom is -0.307 e. The molecular formula is C13H16N2S2. The highest BCUT2D eigenvalue weighted by molar-refractivity contribution is 7.98. The molecule has 1 heterocycles. The zero-order valence-electron chi connectivity index (χ0n) is 10.1. The van der Waals surface area contributed by atoms with E-state index in [9.17, 15) is 0 Å². The molecule has 0 aliphatic heterocycles. The normalized spacial score (nSPS) is 10.7. The SMILES string of the molecule is CSc1ccc(CNCc2csc(C)n2)cc1. The van der Waals surface area contributed by atoms with Crippen molar-refractivity contribution in [2.75, 3.05) is 6.26 Å². The van der Waals surface area contributed by atoms with Crippen LogP contribution in [0.15, 0.2) is 34.5 Å². The lowest BCUT2D eigenvalue weighted by Crippen LogP contribution is -2.12. The van der Waals surface area contributed by atoms with E-state index in [2.05, 4.69) is 46.2 Å². The Hall–Kier alpha value is -0.840. The van der Waals surface area contributed by atoms with E-state index in [1.807, 2.05) is 6.92 Å². The van der Waals surface area contributed by atoms with Crippen molar-refractivity contribution in [2.45, 2.75) is 24.9 Å². The molecule has 2 rings (SSSR count). The number of benzene rings is 1. The largest absolute Gasteiger partial charge is 0.307 e. The number of aryl methyl sites for hydroxylation is 1. The molecule has 2 nitrogen and oxygen atoms in total. The van der Waals surface area contributed by atoms with Crippen molar-refractivity contribution in [3.8, 4) is 0 Å². The highest BCUT2D eigenvalue weighted by Crippen LogP contribution is 2.14. The van der Waals surface area contributed by atoms with Crippen LogP contribution in [0, 0.1) is 6.92 Å². The summed E-state index contributed by atoms with van der Waals surface area (Å²) in [5, 5.41) is 6.65. The van der Waals surface area contributed by atoms with Crippen LogP contribution in [0.4, 0.5) is 0 Å². The van der Waals surface area contributed by atoms with Gasteiger partial charge in [0.05, 0.1) is 10.7 Å². The molecule has 0 radical (unpaired) electrons. The third-order valence-corrected chi connectivity index (χ3v) is 4.03. The highest BCUT2D eigenvalue weighted by Gasteiger charge is 1.98. The average Bonchev–Trinajstić information content (AvgIpc) is 2.76. The van der Waals surface area contributed by atoms with Crippen LogP contribution in [-0.2, 0) is 13.1 Å². The molecule has 0 aliphatic carbocycles. The van der Waals surface area contributed by atoms with Gasteiger partial charge in [-0.3, -0.25) is 0 Å². The molecule has 0 bridgehead atoms. The first kappa shape index (κ1) is 12.6. The Bertz CT molecular complexity index is 463. The van der Waals surface area contributed by atoms with Crippen molar-refractivity contribution in [1.29, 1.82) is 0 Å². The first-order valence-corrected chi connectivity index (χ1v) is 7.63. The van der Waals surface area contributed by atoms with Gasteiger partial charge >= 0.3 is 0 Å². The summed E-state index contributed by atoms with van der Waals surface area (Å²) in [6, 6.07) is 8.67. The van der Waals surface area contributed by atoms with E-state index >= 15 is 0 Å². The van der Waals surface area contributed by atoms with Crippen LogP contribution in [0.25, 0.3) is 0 Å². The zero-order chi connectivity index (χ0) is 12.1. The van der Waals surface area contributed by atoms with Crippen LogP contribution in [0.1, 0.15) is 16.3 Å². The Kier molecular flexibility index (Phi) is 4.59. The number of nitrogens with zero attached hydrogens (tertiary/aromatic N) is 1. The van der Waals surface area contributed by atoms with Gasteiger partial charge in [-0.2, -0.15) is 0 Å². The third kappa shape index (κ3) is 3.84. The van der Waals surface area contributed by atoms with Crippen LogP contribution in [0.3, 0.4) is 0 Å². The Morgan fingerprint density at radius 2 is 2.00 bits per heavy atom. The molecule has 0 unspecified atom stereocenters. The summed E-state index contributed by atoms with van der Waals surface area (Å²) in [5.74, 6) is 0. The van der Waals surface area contributed by atoms with Crippen molar-refractivity contribution in [3.63, 3.8) is 0 Å². The Balaban J connectivity index is 1.81. The number of thioether (sulfide) groups is 1. The molecule has 0 atom stereocenters. The van der Waals surface area contributed by atoms with E-state index < -0.39 is 0 Å². The predicted octanol–water partition coefficient (Wildman–Crippen LogP) is 3.46. The first-order valence-electron chi connectivity index (χ1n) is 5.52. The summed E-state index contributed by atoms with van der Waals surface area (Å²) in [7, 11) is 0. The topological polar surface area (TPSA) is 24.9 Å². The minimum atomic E-state index is 0.842. The number of hydrogen-bond donors (Lipinski definition) is 1. The molecule has 90 valence electrons. The molecular weight excluding hydrogens is 248 g/mol. The maximum absolute atomic E-state index is 4.42. The molecule has 17 heavy (non-hydrogen) atoms. The molecule has 2 aromatic rings. The first-order chi connectivity index (χ1) is 8.28. The van der Waals surface area contributed by atoms with Crippen LogP contribution in [0.5, 0.6) is 0 Å². The molecule has 1 aromatic carbocycles. The smallest absolute Gasteiger partial charge is 0.0897 e. The van der Waals surface area contributed by atoms with E-state index in [1.54, 1.807) is 23.1 Å². The fraction of sp³-hybridized carbons (Fsp3) is 0.308. The van der Waals surface area contributed by atoms with Gasteiger partial charge in [-0.25, -0.2) is 4.98 Å². The van der Waals surface area contributed by atoms with Crippen LogP contribution in [0.2, 0.25) is 0 Å². The molecule has 0 saturated heterocycles. The summed E-state index contributed by atoms with van der Waals surface area (Å²) in [4.78, 5) is 5.73. The third-order valence-electron chi connectivity index (χ3n) is 2.46. The monoisotopic (exact) mass is 264 g/mol. The maximum atomic E-state index is 4.42. The van der Waals surface area contributed by atoms with Crippen molar-refractivity contribution >= 4 is 23.1 Å². The summed E-state index contributed by atoms with van der Waals surface area (Å²) in [6.07, 6.45) is 2.10. The Morgan fingerprint density at radius 3 is 2.59 bits per heavy atom. The van der Waals surface area contributed by atoms with Crippen LogP contribution in [-0.4, -0.2) is 11.2 Å². The van der Waals surface area contributed by atoms with E-state index in [0.717, 1.165) is 23.8 Å². The Morgan fingerprint density at radius 1 is 1.24 bits per heavy atom. The van der Waals surface area contributed by atoms with Gasteiger partial charge in [-0.1, -0.05) is 12.1 Å². The van der Waals surface area contributed by atoms with Gasteiger partial charge in [-0.15, -0.1) is 23.1 Å². The lowest BCUT2D eigenvalue weighted by Gasteiger charge is -2.04. The maximum Gasteiger partial charge on any atom is 0.0897 e. The zero-order valence-corrected chi connectivity index (χ0v) is 11.7. The van der Waals surface area contributed by atoms with Gasteiger partial charge in [-0.05, 0) is 30.9 Å². The van der Waals surface area contributed by atoms with Crippen molar-refractivity contribution in [3.05, 3.63) is 45.9 Å². The van der Waals surface area contributed by atoms with E-state index in [0.29, 0.717) is 0 Å². The minimum absolute atomic E-state index is 0.842. The second-order valence-electron chi connectivity index (χ2n) is 3.81. The summed E-state index contributed by atoms with van der Waals surface area (Å²) in [6.45, 7) is 3.77. The van der Waals surface area contributed by atoms with Crippen molar-refractivity contribution in [2.24, 2.45) is 0 Å². The molecule has 0 amide bonds. The van der Waals surface area contributed by atoms with Gasteiger partial charge in [0.1, 0.15) is 0 Å². The summed E-state index contributed by atoms with van der Waals surface area (Å²) in [5.41, 5.74) is 2.45. The standard InChI is InChI=1S/C13H16N2S2/c1-10-15-12(9-17-10)8-14-7-11-3-5-13(16-2)6-4-11/h3-6,9,14H,7-8H2,1-2H3. The Labute approximate surface area is 110 Å². The van der Waals surface area contributed by atoms with Crippen LogP contribution < -0.4 is 5.32 Å². The van der Waals surface area contributed by atoms with E-state index in [-0.39, 0.29) is 0 Å². The van der Waals surface area contributed by atoms with Gasteiger partial charge in [0.2, 0.25) is 0 Å². The fourth-order valence-electron chi connectivity index (χ4n) is 1.57. The molecule has 1 aromatic heterocycles. The van der Waals surface area contributed by atoms with Gasteiger partial charge in [0.15, 0.2) is 0 Å². The van der Waals surface area contributed by atoms with Gasteiger partial charge in [0, 0.05) is 23.4 Å². The molecule has 4 heteroatoms. The predicted molar refractivity (Wildman–Crippen MR) is 75.6 cm³/mol. The second kappa shape index (κ2) is 6.19. The second-order valence-corrected chi connectivity index (χ2v) is 5.75.